The molecule has 0 saturated carbocycles. The molecule has 2 aliphatic rings. The maximum absolute atomic E-state index is 14.3. The molecule has 0 radical (unpaired) electrons. The number of unbranched alkanes of at least 4 members (excludes halogenated alkanes) is 1. The topological polar surface area (TPSA) is 406 Å². The van der Waals surface area contributed by atoms with E-state index in [0.717, 1.165) is 4.90 Å². The van der Waals surface area contributed by atoms with Crippen LogP contribution in [0.15, 0.2) is 17.5 Å². The number of carboxylic acids is 2. The molecule has 1 aromatic rings. The van der Waals surface area contributed by atoms with E-state index in [2.05, 4.69) is 41.5 Å². The number of carboxylic acid groups (broad SMARTS) is 2. The van der Waals surface area contributed by atoms with Gasteiger partial charge in [0.25, 0.3) is 0 Å². The van der Waals surface area contributed by atoms with Crippen molar-refractivity contribution in [2.24, 2.45) is 33.8 Å². The minimum absolute atomic E-state index is 0.00717. The van der Waals surface area contributed by atoms with Gasteiger partial charge >= 0.3 is 11.9 Å². The summed E-state index contributed by atoms with van der Waals surface area (Å²) in [4.78, 5) is 132. The smallest absolute Gasteiger partial charge is 0.326 e. The molecule has 16 N–H and O–H groups in total. The lowest BCUT2D eigenvalue weighted by molar-refractivity contribution is -0.149. The number of nitrogens with two attached hydrogens (primary N) is 4. The number of hydrogen-bond donors (Lipinski definition) is 12. The van der Waals surface area contributed by atoms with Crippen molar-refractivity contribution in [1.29, 1.82) is 0 Å². The van der Waals surface area contributed by atoms with Crippen LogP contribution in [0.3, 0.4) is 0 Å². The van der Waals surface area contributed by atoms with Crippen LogP contribution in [0.4, 0.5) is 4.39 Å². The number of aliphatic carboxylic acids is 2. The molecule has 0 aromatic carbocycles. The summed E-state index contributed by atoms with van der Waals surface area (Å²) in [7, 11) is 0. The quantitative estimate of drug-likeness (QED) is 0.0228. The van der Waals surface area contributed by atoms with E-state index in [-0.39, 0.29) is 76.5 Å². The first-order valence-corrected chi connectivity index (χ1v) is 21.9. The van der Waals surface area contributed by atoms with Crippen molar-refractivity contribution in [3.8, 4) is 0 Å². The van der Waals surface area contributed by atoms with E-state index in [0.29, 0.717) is 18.5 Å². The molecule has 26 heteroatoms. The van der Waals surface area contributed by atoms with Crippen LogP contribution in [-0.2, 0) is 49.6 Å². The van der Waals surface area contributed by atoms with E-state index in [1.54, 1.807) is 13.8 Å². The van der Waals surface area contributed by atoms with Crippen molar-refractivity contribution in [3.63, 3.8) is 0 Å². The molecular weight excluding hydrogens is 872 g/mol. The molecule has 2 saturated heterocycles. The molecule has 66 heavy (non-hydrogen) atoms. The highest BCUT2D eigenvalue weighted by Gasteiger charge is 2.43. The zero-order valence-corrected chi connectivity index (χ0v) is 37.2. The number of H-pyrrole nitrogens is 1. The second-order valence-electron chi connectivity index (χ2n) is 16.7. The van der Waals surface area contributed by atoms with Gasteiger partial charge in [-0.25, -0.2) is 14.2 Å². The number of nitrogens with zero attached hydrogens (tertiary/aromatic N) is 4. The zero-order valence-electron chi connectivity index (χ0n) is 37.2. The van der Waals surface area contributed by atoms with Crippen molar-refractivity contribution in [2.75, 3.05) is 32.7 Å². The molecule has 1 aromatic heterocycles. The van der Waals surface area contributed by atoms with Gasteiger partial charge in [-0.3, -0.25) is 43.3 Å². The summed E-state index contributed by atoms with van der Waals surface area (Å²) in [5.41, 5.74) is 22.5. The fourth-order valence-electron chi connectivity index (χ4n) is 7.73. The molecule has 0 bridgehead atoms. The number of guanidine groups is 1. The third-order valence-electron chi connectivity index (χ3n) is 10.9. The number of amides is 7. The largest absolute Gasteiger partial charge is 0.481 e. The lowest BCUT2D eigenvalue weighted by atomic mass is 10.0. The lowest BCUT2D eigenvalue weighted by Gasteiger charge is -2.31. The molecule has 7 amide bonds. The number of alkyl halides is 1. The summed E-state index contributed by atoms with van der Waals surface area (Å²) >= 11 is 0. The number of aromatic nitrogens is 2. The van der Waals surface area contributed by atoms with E-state index in [4.69, 9.17) is 22.9 Å². The summed E-state index contributed by atoms with van der Waals surface area (Å²) < 4.78 is 14.3. The maximum atomic E-state index is 14.3. The highest BCUT2D eigenvalue weighted by Crippen LogP contribution is 2.24. The Kier molecular flexibility index (Phi) is 21.6. The van der Waals surface area contributed by atoms with Crippen LogP contribution in [0, 0.1) is 5.92 Å². The second kappa shape index (κ2) is 26.5. The van der Waals surface area contributed by atoms with Crippen LogP contribution in [-0.4, -0.2) is 170 Å². The van der Waals surface area contributed by atoms with Gasteiger partial charge in [-0.05, 0) is 63.8 Å². The molecule has 3 rings (SSSR count). The predicted octanol–water partition coefficient (Wildman–Crippen LogP) is -3.95. The maximum Gasteiger partial charge on any atom is 0.326 e. The summed E-state index contributed by atoms with van der Waals surface area (Å²) in [6.07, 6.45) is 1.11. The number of halogens is 1. The second-order valence-corrected chi connectivity index (χ2v) is 16.7. The van der Waals surface area contributed by atoms with Crippen molar-refractivity contribution < 1.29 is 57.8 Å². The Bertz CT molecular complexity index is 1880. The molecule has 0 spiro atoms. The zero-order chi connectivity index (χ0) is 49.1. The first-order valence-electron chi connectivity index (χ1n) is 21.9. The summed E-state index contributed by atoms with van der Waals surface area (Å²) in [6.45, 7) is 2.93. The van der Waals surface area contributed by atoms with Crippen LogP contribution in [0.25, 0.3) is 0 Å². The minimum Gasteiger partial charge on any atom is -0.481 e. The fraction of sp³-hybridized carbons (Fsp3) is 0.675. The van der Waals surface area contributed by atoms with Crippen LogP contribution < -0.4 is 49.5 Å². The molecule has 8 atom stereocenters. The van der Waals surface area contributed by atoms with Gasteiger partial charge in [-0.2, -0.15) is 0 Å². The minimum atomic E-state index is -1.80. The summed E-state index contributed by atoms with van der Waals surface area (Å²) in [5, 5.41) is 32.0. The third-order valence-corrected chi connectivity index (χ3v) is 10.9. The van der Waals surface area contributed by atoms with Crippen LogP contribution in [0.2, 0.25) is 0 Å². The fourth-order valence-corrected chi connectivity index (χ4v) is 7.73. The summed E-state index contributed by atoms with van der Waals surface area (Å²) in [6, 6.07) is -9.65. The molecule has 2 aliphatic heterocycles. The highest BCUT2D eigenvalue weighted by atomic mass is 19.1. The van der Waals surface area contributed by atoms with Crippen LogP contribution >= 0.6 is 0 Å². The Hall–Kier alpha value is -6.44. The molecule has 368 valence electrons. The predicted molar refractivity (Wildman–Crippen MR) is 233 cm³/mol. The normalized spacial score (nSPS) is 19.2. The number of imidazole rings is 1. The Morgan fingerprint density at radius 2 is 1.45 bits per heavy atom. The van der Waals surface area contributed by atoms with Gasteiger partial charge in [0.1, 0.15) is 48.5 Å². The number of rotatable bonds is 27. The first-order chi connectivity index (χ1) is 31.2. The molecule has 3 heterocycles. The van der Waals surface area contributed by atoms with Gasteiger partial charge in [0, 0.05) is 37.8 Å². The van der Waals surface area contributed by atoms with Crippen LogP contribution in [0.1, 0.15) is 83.7 Å². The number of nitrogens with one attached hydrogen (secondary N) is 6. The van der Waals surface area contributed by atoms with E-state index >= 15 is 0 Å². The molecular formula is C40H65FN14O11. The number of aromatic amines is 1. The lowest BCUT2D eigenvalue weighted by Crippen LogP contribution is -2.60. The molecule has 25 nitrogen and oxygen atoms in total. The Morgan fingerprint density at radius 3 is 2.03 bits per heavy atom. The average molecular weight is 937 g/mol. The van der Waals surface area contributed by atoms with Crippen molar-refractivity contribution >= 4 is 59.2 Å². The number of hydrogen-bond acceptors (Lipinski definition) is 13. The van der Waals surface area contributed by atoms with Gasteiger partial charge in [0.2, 0.25) is 41.4 Å². The average Bonchev–Trinajstić information content (AvgIpc) is 4.05. The van der Waals surface area contributed by atoms with Gasteiger partial charge in [-0.15, -0.1) is 0 Å². The standard InChI is InChI=1S/C40H65FN14O11/c1-21(2)13-26(33(59)52-28(16-32(57)58)35(61)50-24(7-3-4-10-42)38(64)55-19-22(41)14-30(55)39(65)66)53-36(62)29-9-6-12-54(29)37(63)25(8-5-11-47-40(44)45)51-34(60)27(49-31(56)17-43)15-23-18-46-20-48-23/h18,20-22,24-30H,3-17,19,42-43H2,1-2H3,(H,46,48)(H,49,56)(H,50,61)(H,51,60)(H,52,59)(H,53,62)(H,57,58)(H,65,66)(H4,44,45,47)/t22?,24-,25-,26-,27-,28-,29-,30-/m0/s1. The van der Waals surface area contributed by atoms with Crippen molar-refractivity contribution in [1.82, 2.24) is 46.4 Å². The van der Waals surface area contributed by atoms with E-state index < -0.39 is 128 Å². The van der Waals surface area contributed by atoms with Crippen LogP contribution in [0.5, 0.6) is 0 Å². The molecule has 1 unspecified atom stereocenters. The molecule has 0 aliphatic carbocycles. The van der Waals surface area contributed by atoms with Gasteiger partial charge in [-0.1, -0.05) is 13.8 Å². The number of carbonyl (C=O) groups is 9. The Labute approximate surface area is 380 Å². The SMILES string of the molecule is CC(C)C[C@H](NC(=O)[C@@H]1CCCN1C(=O)[C@H](CCCN=C(N)N)NC(=O)[C@H](Cc1cnc[nH]1)NC(=O)CN)C(=O)N[C@@H](CC(=O)O)C(=O)N[C@@H](CCCCN)C(=O)N1CC(F)C[C@H]1C(=O)O. The monoisotopic (exact) mass is 936 g/mol. The van der Waals surface area contributed by atoms with E-state index in [1.807, 2.05) is 0 Å². The van der Waals surface area contributed by atoms with E-state index in [1.165, 1.54) is 17.4 Å². The number of likely N-dealkylation sites (tertiary alicyclic amines) is 2. The van der Waals surface area contributed by atoms with Gasteiger partial charge in [0.15, 0.2) is 5.96 Å². The van der Waals surface area contributed by atoms with Gasteiger partial charge < -0.3 is 74.5 Å². The third kappa shape index (κ3) is 16.8. The number of carbonyl (C=O) groups excluding carboxylic acids is 7. The van der Waals surface area contributed by atoms with Crippen molar-refractivity contribution in [3.05, 3.63) is 18.2 Å². The van der Waals surface area contributed by atoms with Crippen molar-refractivity contribution in [2.45, 2.75) is 133 Å². The Balaban J connectivity index is 1.83. The first kappa shape index (κ1) is 53.9. The van der Waals surface area contributed by atoms with Gasteiger partial charge in [0.05, 0.1) is 25.8 Å². The van der Waals surface area contributed by atoms with E-state index in [9.17, 15) is 57.8 Å². The summed E-state index contributed by atoms with van der Waals surface area (Å²) in [5.74, 6) is -9.15. The number of aliphatic imine (C=N–C) groups is 1. The Morgan fingerprint density at radius 1 is 0.833 bits per heavy atom. The highest BCUT2D eigenvalue weighted by molar-refractivity contribution is 5.98. The molecule has 2 fully saturated rings.